The molecule has 3 nitrogen and oxygen atoms in total. The molecule has 0 saturated heterocycles. The summed E-state index contributed by atoms with van der Waals surface area (Å²) < 4.78 is 41.5. The van der Waals surface area contributed by atoms with Crippen molar-refractivity contribution in [3.05, 3.63) is 59.4 Å². The second-order valence-corrected chi connectivity index (χ2v) is 5.03. The summed E-state index contributed by atoms with van der Waals surface area (Å²) in [5.41, 5.74) is 2.03. The summed E-state index contributed by atoms with van der Waals surface area (Å²) in [5.74, 6) is -0.587. The monoisotopic (exact) mass is 323 g/mol. The third-order valence-corrected chi connectivity index (χ3v) is 3.26. The predicted molar refractivity (Wildman–Crippen MR) is 81.2 cm³/mol. The lowest BCUT2D eigenvalue weighted by molar-refractivity contribution is -0.116. The van der Waals surface area contributed by atoms with E-state index in [0.717, 1.165) is 11.1 Å². The van der Waals surface area contributed by atoms with Crippen LogP contribution in [0.25, 0.3) is 0 Å². The molecule has 1 amide bonds. The second kappa shape index (κ2) is 7.67. The number of hydrogen-bond donors (Lipinski definition) is 1. The third-order valence-electron chi connectivity index (χ3n) is 3.26. The van der Waals surface area contributed by atoms with E-state index in [1.807, 2.05) is 0 Å². The van der Waals surface area contributed by atoms with Crippen molar-refractivity contribution in [2.45, 2.75) is 26.4 Å². The van der Waals surface area contributed by atoms with Crippen molar-refractivity contribution >= 4 is 11.6 Å². The smallest absolute Gasteiger partial charge is 0.387 e. The largest absolute Gasteiger partial charge is 0.435 e. The van der Waals surface area contributed by atoms with Crippen LogP contribution in [0.4, 0.5) is 18.9 Å². The fourth-order valence-electron chi connectivity index (χ4n) is 2.04. The number of anilines is 1. The first-order valence-corrected chi connectivity index (χ1v) is 7.04. The van der Waals surface area contributed by atoms with E-state index in [0.29, 0.717) is 12.1 Å². The Hall–Kier alpha value is -2.50. The summed E-state index contributed by atoms with van der Waals surface area (Å²) in [6.45, 7) is -1.09. The van der Waals surface area contributed by atoms with Gasteiger partial charge in [-0.1, -0.05) is 18.2 Å². The second-order valence-electron chi connectivity index (χ2n) is 5.03. The van der Waals surface area contributed by atoms with Crippen LogP contribution in [-0.2, 0) is 11.2 Å². The molecule has 0 unspecified atom stereocenters. The zero-order valence-electron chi connectivity index (χ0n) is 12.5. The zero-order chi connectivity index (χ0) is 16.8. The molecule has 0 heterocycles. The molecule has 0 spiro atoms. The van der Waals surface area contributed by atoms with Crippen LogP contribution >= 0.6 is 0 Å². The third kappa shape index (κ3) is 5.32. The van der Waals surface area contributed by atoms with Crippen LogP contribution in [0.5, 0.6) is 5.75 Å². The van der Waals surface area contributed by atoms with Gasteiger partial charge < -0.3 is 10.1 Å². The molecule has 2 aromatic rings. The highest BCUT2D eigenvalue weighted by molar-refractivity contribution is 5.91. The molecule has 0 saturated carbocycles. The Bertz CT molecular complexity index is 672. The minimum absolute atomic E-state index is 0.0728. The average Bonchev–Trinajstić information content (AvgIpc) is 2.50. The van der Waals surface area contributed by atoms with Gasteiger partial charge in [-0.2, -0.15) is 8.78 Å². The molecule has 0 aromatic heterocycles. The number of alkyl halides is 2. The molecule has 2 rings (SSSR count). The summed E-state index contributed by atoms with van der Waals surface area (Å²) in [7, 11) is 0. The zero-order valence-corrected chi connectivity index (χ0v) is 12.5. The van der Waals surface area contributed by atoms with Gasteiger partial charge in [-0.15, -0.1) is 0 Å². The average molecular weight is 323 g/mol. The number of benzene rings is 2. The van der Waals surface area contributed by atoms with Crippen LogP contribution in [0.15, 0.2) is 42.5 Å². The fraction of sp³-hybridized carbons (Fsp3) is 0.235. The molecule has 0 fully saturated rings. The SMILES string of the molecule is Cc1ccc(F)cc1NC(=O)CCc1ccc(OC(F)F)cc1. The number of halogens is 3. The molecule has 122 valence electrons. The van der Waals surface area contributed by atoms with E-state index in [2.05, 4.69) is 10.1 Å². The summed E-state index contributed by atoms with van der Waals surface area (Å²) in [6, 6.07) is 10.3. The molecule has 0 aliphatic rings. The van der Waals surface area contributed by atoms with E-state index in [9.17, 15) is 18.0 Å². The summed E-state index contributed by atoms with van der Waals surface area (Å²) >= 11 is 0. The molecule has 2 aromatic carbocycles. The lowest BCUT2D eigenvalue weighted by Crippen LogP contribution is -2.13. The standard InChI is InChI=1S/C17H16F3NO2/c1-11-2-6-13(18)10-15(11)21-16(22)9-5-12-3-7-14(8-4-12)23-17(19)20/h2-4,6-8,10,17H,5,9H2,1H3,(H,21,22). The van der Waals surface area contributed by atoms with Gasteiger partial charge in [0.1, 0.15) is 11.6 Å². The minimum atomic E-state index is -2.86. The maximum atomic E-state index is 13.2. The van der Waals surface area contributed by atoms with E-state index in [1.54, 1.807) is 25.1 Å². The quantitative estimate of drug-likeness (QED) is 0.860. The first-order chi connectivity index (χ1) is 10.9. The molecular formula is C17H16F3NO2. The number of rotatable bonds is 6. The summed E-state index contributed by atoms with van der Waals surface area (Å²) in [5, 5.41) is 2.66. The van der Waals surface area contributed by atoms with E-state index in [4.69, 9.17) is 0 Å². The lowest BCUT2D eigenvalue weighted by atomic mass is 10.1. The topological polar surface area (TPSA) is 38.3 Å². The predicted octanol–water partition coefficient (Wildman–Crippen LogP) is 4.31. The van der Waals surface area contributed by atoms with Crippen molar-refractivity contribution in [2.75, 3.05) is 5.32 Å². The van der Waals surface area contributed by atoms with Gasteiger partial charge in [0, 0.05) is 12.1 Å². The van der Waals surface area contributed by atoms with Crippen molar-refractivity contribution in [1.82, 2.24) is 0 Å². The van der Waals surface area contributed by atoms with Crippen LogP contribution in [0.3, 0.4) is 0 Å². The van der Waals surface area contributed by atoms with Crippen molar-refractivity contribution in [1.29, 1.82) is 0 Å². The van der Waals surface area contributed by atoms with Gasteiger partial charge in [0.05, 0.1) is 0 Å². The highest BCUT2D eigenvalue weighted by Crippen LogP contribution is 2.18. The Morgan fingerprint density at radius 2 is 1.87 bits per heavy atom. The van der Waals surface area contributed by atoms with E-state index < -0.39 is 12.4 Å². The van der Waals surface area contributed by atoms with Crippen LogP contribution in [0, 0.1) is 12.7 Å². The number of aryl methyl sites for hydroxylation is 2. The molecule has 0 aliphatic heterocycles. The molecule has 0 atom stereocenters. The van der Waals surface area contributed by atoms with Crippen molar-refractivity contribution in [3.63, 3.8) is 0 Å². The van der Waals surface area contributed by atoms with Gasteiger partial charge in [-0.25, -0.2) is 4.39 Å². The van der Waals surface area contributed by atoms with Crippen molar-refractivity contribution in [2.24, 2.45) is 0 Å². The Kier molecular flexibility index (Phi) is 5.62. The Balaban J connectivity index is 1.88. The number of amides is 1. The van der Waals surface area contributed by atoms with Gasteiger partial charge in [-0.05, 0) is 48.7 Å². The Morgan fingerprint density at radius 1 is 1.17 bits per heavy atom. The van der Waals surface area contributed by atoms with E-state index >= 15 is 0 Å². The molecule has 23 heavy (non-hydrogen) atoms. The number of nitrogens with one attached hydrogen (secondary N) is 1. The maximum Gasteiger partial charge on any atom is 0.387 e. The maximum absolute atomic E-state index is 13.2. The van der Waals surface area contributed by atoms with Gasteiger partial charge in [-0.3, -0.25) is 4.79 Å². The number of carbonyl (C=O) groups excluding carboxylic acids is 1. The van der Waals surface area contributed by atoms with Gasteiger partial charge in [0.25, 0.3) is 0 Å². The van der Waals surface area contributed by atoms with Crippen LogP contribution < -0.4 is 10.1 Å². The molecule has 0 aliphatic carbocycles. The number of ether oxygens (including phenoxy) is 1. The van der Waals surface area contributed by atoms with Crippen LogP contribution in [-0.4, -0.2) is 12.5 Å². The minimum Gasteiger partial charge on any atom is -0.435 e. The van der Waals surface area contributed by atoms with Crippen LogP contribution in [0.2, 0.25) is 0 Å². The van der Waals surface area contributed by atoms with E-state index in [1.165, 1.54) is 24.3 Å². The van der Waals surface area contributed by atoms with Gasteiger partial charge >= 0.3 is 6.61 Å². The van der Waals surface area contributed by atoms with E-state index in [-0.39, 0.29) is 18.1 Å². The number of hydrogen-bond acceptors (Lipinski definition) is 2. The van der Waals surface area contributed by atoms with Gasteiger partial charge in [0.2, 0.25) is 5.91 Å². The fourth-order valence-corrected chi connectivity index (χ4v) is 2.04. The highest BCUT2D eigenvalue weighted by atomic mass is 19.3. The first kappa shape index (κ1) is 16.9. The highest BCUT2D eigenvalue weighted by Gasteiger charge is 2.07. The molecule has 1 N–H and O–H groups in total. The summed E-state index contributed by atoms with van der Waals surface area (Å²) in [4.78, 5) is 11.9. The van der Waals surface area contributed by atoms with Crippen LogP contribution in [0.1, 0.15) is 17.5 Å². The normalized spacial score (nSPS) is 10.7. The number of carbonyl (C=O) groups is 1. The van der Waals surface area contributed by atoms with Crippen molar-refractivity contribution < 1.29 is 22.7 Å². The molecular weight excluding hydrogens is 307 g/mol. The molecule has 6 heteroatoms. The Labute approximate surface area is 132 Å². The lowest BCUT2D eigenvalue weighted by Gasteiger charge is -2.09. The summed E-state index contributed by atoms with van der Waals surface area (Å²) in [6.07, 6.45) is 0.639. The molecule has 0 radical (unpaired) electrons. The Morgan fingerprint density at radius 3 is 2.52 bits per heavy atom. The van der Waals surface area contributed by atoms with Gasteiger partial charge in [0.15, 0.2) is 0 Å². The molecule has 0 bridgehead atoms. The van der Waals surface area contributed by atoms with Crippen molar-refractivity contribution in [3.8, 4) is 5.75 Å². The first-order valence-electron chi connectivity index (χ1n) is 7.04.